The molecule has 18 heavy (non-hydrogen) atoms. The zero-order valence-electron chi connectivity index (χ0n) is 10.2. The van der Waals surface area contributed by atoms with Crippen LogP contribution in [0.5, 0.6) is 0 Å². The van der Waals surface area contributed by atoms with Crippen LogP contribution in [-0.4, -0.2) is 0 Å². The molecule has 2 rings (SSSR count). The SMILES string of the molecule is CCC(N)c1cccc(-c2cc(Br)ccc2F)c1. The molecule has 0 saturated heterocycles. The van der Waals surface area contributed by atoms with Crippen LogP contribution in [0.1, 0.15) is 24.9 Å². The molecule has 3 heteroatoms. The molecule has 2 N–H and O–H groups in total. The van der Waals surface area contributed by atoms with Crippen molar-refractivity contribution in [2.45, 2.75) is 19.4 Å². The smallest absolute Gasteiger partial charge is 0.131 e. The number of nitrogens with two attached hydrogens (primary N) is 1. The molecule has 0 aromatic heterocycles. The molecule has 2 aromatic rings. The van der Waals surface area contributed by atoms with Crippen molar-refractivity contribution in [3.63, 3.8) is 0 Å². The van der Waals surface area contributed by atoms with Gasteiger partial charge in [0.1, 0.15) is 5.82 Å². The van der Waals surface area contributed by atoms with E-state index in [1.807, 2.05) is 31.2 Å². The van der Waals surface area contributed by atoms with Crippen molar-refractivity contribution in [2.24, 2.45) is 5.73 Å². The van der Waals surface area contributed by atoms with Crippen molar-refractivity contribution in [1.82, 2.24) is 0 Å². The first kappa shape index (κ1) is 13.2. The van der Waals surface area contributed by atoms with Crippen LogP contribution in [0.3, 0.4) is 0 Å². The van der Waals surface area contributed by atoms with Crippen molar-refractivity contribution in [3.8, 4) is 11.1 Å². The van der Waals surface area contributed by atoms with E-state index in [0.29, 0.717) is 5.56 Å². The maximum Gasteiger partial charge on any atom is 0.131 e. The van der Waals surface area contributed by atoms with Gasteiger partial charge in [-0.05, 0) is 41.8 Å². The first-order valence-corrected chi connectivity index (χ1v) is 6.72. The average Bonchev–Trinajstić information content (AvgIpc) is 2.40. The lowest BCUT2D eigenvalue weighted by molar-refractivity contribution is 0.631. The standard InChI is InChI=1S/C15H15BrFN/c1-2-15(18)11-5-3-4-10(8-11)13-9-12(16)6-7-14(13)17/h3-9,15H,2,18H2,1H3. The van der Waals surface area contributed by atoms with Gasteiger partial charge < -0.3 is 5.73 Å². The lowest BCUT2D eigenvalue weighted by atomic mass is 9.98. The molecule has 0 spiro atoms. The highest BCUT2D eigenvalue weighted by Gasteiger charge is 2.08. The van der Waals surface area contributed by atoms with Crippen molar-refractivity contribution < 1.29 is 4.39 Å². The molecule has 0 aliphatic rings. The van der Waals surface area contributed by atoms with E-state index in [-0.39, 0.29) is 11.9 Å². The minimum Gasteiger partial charge on any atom is -0.324 e. The number of hydrogen-bond donors (Lipinski definition) is 1. The lowest BCUT2D eigenvalue weighted by Gasteiger charge is -2.11. The first-order chi connectivity index (χ1) is 8.61. The van der Waals surface area contributed by atoms with Crippen LogP contribution in [0.2, 0.25) is 0 Å². The Labute approximate surface area is 115 Å². The second-order valence-electron chi connectivity index (χ2n) is 4.26. The molecular weight excluding hydrogens is 293 g/mol. The molecule has 1 atom stereocenters. The van der Waals surface area contributed by atoms with Crippen LogP contribution in [0, 0.1) is 5.82 Å². The molecule has 2 aromatic carbocycles. The van der Waals surface area contributed by atoms with Crippen LogP contribution in [-0.2, 0) is 0 Å². The van der Waals surface area contributed by atoms with Gasteiger partial charge in [-0.25, -0.2) is 4.39 Å². The van der Waals surface area contributed by atoms with Crippen LogP contribution < -0.4 is 5.73 Å². The fourth-order valence-electron chi connectivity index (χ4n) is 1.89. The fraction of sp³-hybridized carbons (Fsp3) is 0.200. The highest BCUT2D eigenvalue weighted by Crippen LogP contribution is 2.28. The molecule has 1 nitrogen and oxygen atoms in total. The predicted octanol–water partition coefficient (Wildman–Crippen LogP) is 4.67. The van der Waals surface area contributed by atoms with E-state index in [1.165, 1.54) is 6.07 Å². The van der Waals surface area contributed by atoms with Crippen molar-refractivity contribution in [3.05, 3.63) is 58.3 Å². The van der Waals surface area contributed by atoms with Crippen LogP contribution in [0.25, 0.3) is 11.1 Å². The van der Waals surface area contributed by atoms with E-state index in [1.54, 1.807) is 12.1 Å². The lowest BCUT2D eigenvalue weighted by Crippen LogP contribution is -2.08. The first-order valence-electron chi connectivity index (χ1n) is 5.92. The number of rotatable bonds is 3. The summed E-state index contributed by atoms with van der Waals surface area (Å²) in [7, 11) is 0. The predicted molar refractivity (Wildman–Crippen MR) is 76.8 cm³/mol. The maximum atomic E-state index is 13.8. The third-order valence-corrected chi connectivity index (χ3v) is 3.49. The van der Waals surface area contributed by atoms with Gasteiger partial charge in [0.25, 0.3) is 0 Å². The fourth-order valence-corrected chi connectivity index (χ4v) is 2.25. The second-order valence-corrected chi connectivity index (χ2v) is 5.18. The summed E-state index contributed by atoms with van der Waals surface area (Å²) in [5.41, 5.74) is 8.49. The molecule has 0 aliphatic heterocycles. The van der Waals surface area contributed by atoms with Crippen molar-refractivity contribution in [2.75, 3.05) is 0 Å². The third kappa shape index (κ3) is 2.79. The summed E-state index contributed by atoms with van der Waals surface area (Å²) in [6.07, 6.45) is 0.865. The number of halogens is 2. The van der Waals surface area contributed by atoms with E-state index in [0.717, 1.165) is 22.0 Å². The van der Waals surface area contributed by atoms with E-state index in [9.17, 15) is 4.39 Å². The monoisotopic (exact) mass is 307 g/mol. The summed E-state index contributed by atoms with van der Waals surface area (Å²) < 4.78 is 14.7. The Morgan fingerprint density at radius 3 is 2.72 bits per heavy atom. The van der Waals surface area contributed by atoms with Gasteiger partial charge >= 0.3 is 0 Å². The molecule has 0 amide bonds. The van der Waals surface area contributed by atoms with Gasteiger partial charge in [-0.15, -0.1) is 0 Å². The Balaban J connectivity index is 2.47. The van der Waals surface area contributed by atoms with Gasteiger partial charge in [-0.3, -0.25) is 0 Å². The normalized spacial score (nSPS) is 12.4. The van der Waals surface area contributed by atoms with Crippen LogP contribution in [0.4, 0.5) is 4.39 Å². The van der Waals surface area contributed by atoms with Gasteiger partial charge in [0.05, 0.1) is 0 Å². The molecule has 0 aliphatic carbocycles. The van der Waals surface area contributed by atoms with Gasteiger partial charge in [0.2, 0.25) is 0 Å². The Bertz CT molecular complexity index is 554. The highest BCUT2D eigenvalue weighted by molar-refractivity contribution is 9.10. The van der Waals surface area contributed by atoms with E-state index < -0.39 is 0 Å². The number of hydrogen-bond acceptors (Lipinski definition) is 1. The maximum absolute atomic E-state index is 13.8. The van der Waals surface area contributed by atoms with Gasteiger partial charge in [-0.1, -0.05) is 41.1 Å². The Morgan fingerprint density at radius 2 is 2.00 bits per heavy atom. The quantitative estimate of drug-likeness (QED) is 0.876. The molecule has 0 radical (unpaired) electrons. The molecule has 1 unspecified atom stereocenters. The summed E-state index contributed by atoms with van der Waals surface area (Å²) in [5.74, 6) is -0.222. The van der Waals surface area contributed by atoms with Crippen LogP contribution >= 0.6 is 15.9 Å². The van der Waals surface area contributed by atoms with Crippen LogP contribution in [0.15, 0.2) is 46.9 Å². The van der Waals surface area contributed by atoms with Crippen molar-refractivity contribution in [1.29, 1.82) is 0 Å². The van der Waals surface area contributed by atoms with Gasteiger partial charge in [0, 0.05) is 16.1 Å². The van der Waals surface area contributed by atoms with E-state index >= 15 is 0 Å². The Kier molecular flexibility index (Phi) is 4.15. The molecule has 0 saturated carbocycles. The minimum atomic E-state index is -0.222. The Hall–Kier alpha value is -1.19. The minimum absolute atomic E-state index is 0.000152. The Morgan fingerprint density at radius 1 is 1.22 bits per heavy atom. The van der Waals surface area contributed by atoms with Crippen molar-refractivity contribution >= 4 is 15.9 Å². The highest BCUT2D eigenvalue weighted by atomic mass is 79.9. The summed E-state index contributed by atoms with van der Waals surface area (Å²) >= 11 is 3.36. The zero-order valence-corrected chi connectivity index (χ0v) is 11.7. The summed E-state index contributed by atoms with van der Waals surface area (Å²) in [5, 5.41) is 0. The molecule has 0 heterocycles. The van der Waals surface area contributed by atoms with E-state index in [2.05, 4.69) is 15.9 Å². The topological polar surface area (TPSA) is 26.0 Å². The largest absolute Gasteiger partial charge is 0.324 e. The number of benzene rings is 2. The zero-order chi connectivity index (χ0) is 13.1. The molecule has 0 bridgehead atoms. The molecular formula is C15H15BrFN. The van der Waals surface area contributed by atoms with Gasteiger partial charge in [-0.2, -0.15) is 0 Å². The molecule has 94 valence electrons. The second kappa shape index (κ2) is 5.63. The van der Waals surface area contributed by atoms with E-state index in [4.69, 9.17) is 5.73 Å². The summed E-state index contributed by atoms with van der Waals surface area (Å²) in [4.78, 5) is 0. The molecule has 0 fully saturated rings. The average molecular weight is 308 g/mol. The van der Waals surface area contributed by atoms with Gasteiger partial charge in [0.15, 0.2) is 0 Å². The summed E-state index contributed by atoms with van der Waals surface area (Å²) in [6.45, 7) is 2.04. The summed E-state index contributed by atoms with van der Waals surface area (Å²) in [6, 6.07) is 12.7. The third-order valence-electron chi connectivity index (χ3n) is 2.99.